The van der Waals surface area contributed by atoms with Crippen molar-refractivity contribution in [1.82, 2.24) is 0 Å². The molecular weight excluding hydrogens is 305 g/mol. The van der Waals surface area contributed by atoms with Crippen LogP contribution in [0.3, 0.4) is 0 Å². The first-order chi connectivity index (χ1) is 9.06. The Morgan fingerprint density at radius 2 is 1.63 bits per heavy atom. The van der Waals surface area contributed by atoms with E-state index < -0.39 is 6.10 Å². The molecule has 0 bridgehead atoms. The Balaban J connectivity index is 1.98. The van der Waals surface area contributed by atoms with Crippen molar-refractivity contribution < 1.29 is 5.11 Å². The van der Waals surface area contributed by atoms with Gasteiger partial charge in [0.15, 0.2) is 0 Å². The summed E-state index contributed by atoms with van der Waals surface area (Å²) < 4.78 is 0. The van der Waals surface area contributed by atoms with Crippen LogP contribution in [0.25, 0.3) is 0 Å². The number of hydrogen-bond donors (Lipinski definition) is 2. The highest BCUT2D eigenvalue weighted by atomic mass is 35.5. The van der Waals surface area contributed by atoms with Crippen LogP contribution in [-0.4, -0.2) is 11.7 Å². The zero-order valence-corrected chi connectivity index (χ0v) is 12.2. The summed E-state index contributed by atoms with van der Waals surface area (Å²) in [5.74, 6) is 0. The molecule has 2 aromatic carbocycles. The lowest BCUT2D eigenvalue weighted by atomic mass is 10.1. The molecule has 0 aliphatic heterocycles. The highest BCUT2D eigenvalue weighted by molar-refractivity contribution is 6.42. The molecule has 100 valence electrons. The number of halogens is 3. The SMILES string of the molecule is OC(CNc1ccc(Cl)c(Cl)c1)c1ccc(Cl)cc1. The molecule has 5 heteroatoms. The van der Waals surface area contributed by atoms with Gasteiger partial charge in [-0.3, -0.25) is 0 Å². The number of aliphatic hydroxyl groups is 1. The molecule has 0 radical (unpaired) electrons. The van der Waals surface area contributed by atoms with Crippen molar-refractivity contribution in [3.8, 4) is 0 Å². The summed E-state index contributed by atoms with van der Waals surface area (Å²) in [5, 5.41) is 14.8. The predicted molar refractivity (Wildman–Crippen MR) is 81.4 cm³/mol. The third-order valence-corrected chi connectivity index (χ3v) is 3.66. The predicted octanol–water partition coefficient (Wildman–Crippen LogP) is 4.79. The van der Waals surface area contributed by atoms with Gasteiger partial charge in [0.05, 0.1) is 16.1 Å². The van der Waals surface area contributed by atoms with Crippen molar-refractivity contribution in [2.45, 2.75) is 6.10 Å². The Morgan fingerprint density at radius 1 is 0.947 bits per heavy atom. The zero-order valence-electron chi connectivity index (χ0n) is 9.91. The summed E-state index contributed by atoms with van der Waals surface area (Å²) in [4.78, 5) is 0. The number of hydrogen-bond acceptors (Lipinski definition) is 2. The fourth-order valence-corrected chi connectivity index (χ4v) is 2.05. The van der Waals surface area contributed by atoms with Gasteiger partial charge in [-0.1, -0.05) is 46.9 Å². The van der Waals surface area contributed by atoms with Crippen LogP contribution < -0.4 is 5.32 Å². The maximum atomic E-state index is 10.0. The number of anilines is 1. The summed E-state index contributed by atoms with van der Waals surface area (Å²) in [6.07, 6.45) is -0.619. The van der Waals surface area contributed by atoms with Crippen LogP contribution in [-0.2, 0) is 0 Å². The van der Waals surface area contributed by atoms with Gasteiger partial charge in [0.25, 0.3) is 0 Å². The first-order valence-corrected chi connectivity index (χ1v) is 6.82. The third-order valence-electron chi connectivity index (χ3n) is 2.67. The highest BCUT2D eigenvalue weighted by Crippen LogP contribution is 2.25. The molecule has 1 unspecified atom stereocenters. The van der Waals surface area contributed by atoms with E-state index in [0.29, 0.717) is 21.6 Å². The first-order valence-electron chi connectivity index (χ1n) is 5.69. The molecule has 19 heavy (non-hydrogen) atoms. The molecule has 1 atom stereocenters. The van der Waals surface area contributed by atoms with Crippen LogP contribution in [0.5, 0.6) is 0 Å². The van der Waals surface area contributed by atoms with Crippen LogP contribution >= 0.6 is 34.8 Å². The largest absolute Gasteiger partial charge is 0.387 e. The average molecular weight is 317 g/mol. The topological polar surface area (TPSA) is 32.3 Å². The van der Waals surface area contributed by atoms with Crippen LogP contribution in [0.1, 0.15) is 11.7 Å². The number of aliphatic hydroxyl groups excluding tert-OH is 1. The minimum atomic E-state index is -0.619. The van der Waals surface area contributed by atoms with E-state index in [2.05, 4.69) is 5.32 Å². The monoisotopic (exact) mass is 315 g/mol. The normalized spacial score (nSPS) is 12.2. The maximum Gasteiger partial charge on any atom is 0.0962 e. The molecule has 0 heterocycles. The van der Waals surface area contributed by atoms with Crippen molar-refractivity contribution >= 4 is 40.5 Å². The lowest BCUT2D eigenvalue weighted by Crippen LogP contribution is -2.11. The van der Waals surface area contributed by atoms with E-state index in [0.717, 1.165) is 11.3 Å². The molecule has 0 saturated heterocycles. The summed E-state index contributed by atoms with van der Waals surface area (Å²) in [6.45, 7) is 0.375. The van der Waals surface area contributed by atoms with Gasteiger partial charge < -0.3 is 10.4 Å². The maximum absolute atomic E-state index is 10.0. The molecule has 2 rings (SSSR count). The molecule has 0 aliphatic carbocycles. The molecule has 0 fully saturated rings. The summed E-state index contributed by atoms with van der Waals surface area (Å²) in [7, 11) is 0. The van der Waals surface area contributed by atoms with Gasteiger partial charge in [-0.25, -0.2) is 0 Å². The Labute approximate surface area is 126 Å². The van der Waals surface area contributed by atoms with E-state index in [1.165, 1.54) is 0 Å². The molecule has 0 spiro atoms. The van der Waals surface area contributed by atoms with Crippen LogP contribution in [0, 0.1) is 0 Å². The lowest BCUT2D eigenvalue weighted by Gasteiger charge is -2.13. The Hall–Kier alpha value is -0.930. The van der Waals surface area contributed by atoms with E-state index in [1.54, 1.807) is 36.4 Å². The fraction of sp³-hybridized carbons (Fsp3) is 0.143. The highest BCUT2D eigenvalue weighted by Gasteiger charge is 2.07. The van der Waals surface area contributed by atoms with E-state index in [1.807, 2.05) is 6.07 Å². The quantitative estimate of drug-likeness (QED) is 0.850. The average Bonchev–Trinajstić information content (AvgIpc) is 2.40. The molecule has 0 saturated carbocycles. The van der Waals surface area contributed by atoms with Gasteiger partial charge in [-0.2, -0.15) is 0 Å². The van der Waals surface area contributed by atoms with Gasteiger partial charge in [0, 0.05) is 17.3 Å². The van der Waals surface area contributed by atoms with Crippen LogP contribution in [0.15, 0.2) is 42.5 Å². The lowest BCUT2D eigenvalue weighted by molar-refractivity contribution is 0.191. The van der Waals surface area contributed by atoms with Crippen molar-refractivity contribution in [3.63, 3.8) is 0 Å². The van der Waals surface area contributed by atoms with Crippen LogP contribution in [0.2, 0.25) is 15.1 Å². The van der Waals surface area contributed by atoms with Gasteiger partial charge >= 0.3 is 0 Å². The standard InChI is InChI=1S/C14H12Cl3NO/c15-10-3-1-9(2-4-10)14(19)8-18-11-5-6-12(16)13(17)7-11/h1-7,14,18-19H,8H2. The summed E-state index contributed by atoms with van der Waals surface area (Å²) in [6, 6.07) is 12.3. The molecule has 0 aromatic heterocycles. The summed E-state index contributed by atoms with van der Waals surface area (Å²) in [5.41, 5.74) is 1.61. The Morgan fingerprint density at radius 3 is 2.26 bits per heavy atom. The van der Waals surface area contributed by atoms with Crippen molar-refractivity contribution in [1.29, 1.82) is 0 Å². The first kappa shape index (κ1) is 14.5. The van der Waals surface area contributed by atoms with Crippen molar-refractivity contribution in [3.05, 3.63) is 63.1 Å². The second kappa shape index (κ2) is 6.49. The second-order valence-electron chi connectivity index (χ2n) is 4.08. The molecule has 2 nitrogen and oxygen atoms in total. The molecule has 2 N–H and O–H groups in total. The fourth-order valence-electron chi connectivity index (χ4n) is 1.62. The number of nitrogens with one attached hydrogen (secondary N) is 1. The second-order valence-corrected chi connectivity index (χ2v) is 5.33. The van der Waals surface area contributed by atoms with Crippen molar-refractivity contribution in [2.75, 3.05) is 11.9 Å². The van der Waals surface area contributed by atoms with E-state index in [9.17, 15) is 5.11 Å². The minimum absolute atomic E-state index is 0.375. The van der Waals surface area contributed by atoms with Crippen molar-refractivity contribution in [2.24, 2.45) is 0 Å². The minimum Gasteiger partial charge on any atom is -0.387 e. The van der Waals surface area contributed by atoms with Gasteiger partial charge in [-0.15, -0.1) is 0 Å². The van der Waals surface area contributed by atoms with E-state index in [-0.39, 0.29) is 0 Å². The molecule has 0 aliphatic rings. The zero-order chi connectivity index (χ0) is 13.8. The number of benzene rings is 2. The third kappa shape index (κ3) is 4.02. The van der Waals surface area contributed by atoms with Gasteiger partial charge in [-0.05, 0) is 35.9 Å². The molecule has 0 amide bonds. The molecule has 2 aromatic rings. The van der Waals surface area contributed by atoms with E-state index >= 15 is 0 Å². The Bertz CT molecular complexity index is 557. The van der Waals surface area contributed by atoms with Crippen LogP contribution in [0.4, 0.5) is 5.69 Å². The number of rotatable bonds is 4. The van der Waals surface area contributed by atoms with E-state index in [4.69, 9.17) is 34.8 Å². The van der Waals surface area contributed by atoms with Gasteiger partial charge in [0.1, 0.15) is 0 Å². The molecular formula is C14H12Cl3NO. The smallest absolute Gasteiger partial charge is 0.0962 e. The van der Waals surface area contributed by atoms with Gasteiger partial charge in [0.2, 0.25) is 0 Å². The Kier molecular flexibility index (Phi) is 4.94. The summed E-state index contributed by atoms with van der Waals surface area (Å²) >= 11 is 17.5.